The molecule has 0 unspecified atom stereocenters. The third kappa shape index (κ3) is 4.66. The highest BCUT2D eigenvalue weighted by atomic mass is 16.5. The summed E-state index contributed by atoms with van der Waals surface area (Å²) in [7, 11) is 3.55. The van der Waals surface area contributed by atoms with Crippen molar-refractivity contribution in [1.29, 1.82) is 0 Å². The van der Waals surface area contributed by atoms with E-state index in [2.05, 4.69) is 40.7 Å². The first kappa shape index (κ1) is 15.7. The van der Waals surface area contributed by atoms with Crippen LogP contribution < -0.4 is 15.4 Å². The largest absolute Gasteiger partial charge is 0.496 e. The lowest BCUT2D eigenvalue weighted by molar-refractivity contribution is 0.411. The van der Waals surface area contributed by atoms with Gasteiger partial charge in [0.15, 0.2) is 5.96 Å². The van der Waals surface area contributed by atoms with Crippen molar-refractivity contribution in [3.05, 3.63) is 29.3 Å². The lowest BCUT2D eigenvalue weighted by atomic mass is 10.1. The van der Waals surface area contributed by atoms with Gasteiger partial charge in [-0.05, 0) is 43.4 Å². The molecule has 0 atom stereocenters. The molecule has 0 bridgehead atoms. The van der Waals surface area contributed by atoms with Crippen LogP contribution in [-0.2, 0) is 6.42 Å². The molecule has 1 aliphatic rings. The molecule has 0 amide bonds. The lowest BCUT2D eigenvalue weighted by Crippen LogP contribution is -2.42. The van der Waals surface area contributed by atoms with Crippen molar-refractivity contribution in [2.45, 2.75) is 45.1 Å². The zero-order valence-corrected chi connectivity index (χ0v) is 13.4. The SMILES string of the molecule is CN=C(NCCc1ccc(C)c(OC)c1)NC1CCCC1. The minimum Gasteiger partial charge on any atom is -0.496 e. The van der Waals surface area contributed by atoms with Crippen LogP contribution in [0.15, 0.2) is 23.2 Å². The number of rotatable bonds is 5. The molecule has 2 N–H and O–H groups in total. The summed E-state index contributed by atoms with van der Waals surface area (Å²) in [6.07, 6.45) is 6.14. The zero-order chi connectivity index (χ0) is 15.1. The molecular formula is C17H27N3O. The Hall–Kier alpha value is -1.71. The number of hydrogen-bond donors (Lipinski definition) is 2. The Morgan fingerprint density at radius 3 is 2.76 bits per heavy atom. The number of hydrogen-bond acceptors (Lipinski definition) is 2. The van der Waals surface area contributed by atoms with Gasteiger partial charge < -0.3 is 15.4 Å². The van der Waals surface area contributed by atoms with E-state index in [1.165, 1.54) is 36.8 Å². The van der Waals surface area contributed by atoms with Crippen molar-refractivity contribution in [3.8, 4) is 5.75 Å². The summed E-state index contributed by atoms with van der Waals surface area (Å²) in [6, 6.07) is 6.98. The molecule has 2 rings (SSSR count). The molecule has 1 saturated carbocycles. The minimum absolute atomic E-state index is 0.593. The molecule has 1 fully saturated rings. The van der Waals surface area contributed by atoms with E-state index >= 15 is 0 Å². The second-order valence-corrected chi connectivity index (χ2v) is 5.68. The maximum atomic E-state index is 5.37. The number of methoxy groups -OCH3 is 1. The highest BCUT2D eigenvalue weighted by Gasteiger charge is 2.15. The van der Waals surface area contributed by atoms with Crippen LogP contribution in [0.25, 0.3) is 0 Å². The van der Waals surface area contributed by atoms with Gasteiger partial charge in [0.1, 0.15) is 5.75 Å². The summed E-state index contributed by atoms with van der Waals surface area (Å²) in [4.78, 5) is 4.30. The van der Waals surface area contributed by atoms with E-state index in [0.717, 1.165) is 24.7 Å². The lowest BCUT2D eigenvalue weighted by Gasteiger charge is -2.17. The highest BCUT2D eigenvalue weighted by Crippen LogP contribution is 2.19. The van der Waals surface area contributed by atoms with Crippen molar-refractivity contribution in [3.63, 3.8) is 0 Å². The van der Waals surface area contributed by atoms with Crippen molar-refractivity contribution >= 4 is 5.96 Å². The average Bonchev–Trinajstić information content (AvgIpc) is 3.00. The van der Waals surface area contributed by atoms with Gasteiger partial charge in [-0.2, -0.15) is 0 Å². The van der Waals surface area contributed by atoms with Gasteiger partial charge in [-0.25, -0.2) is 0 Å². The van der Waals surface area contributed by atoms with Crippen LogP contribution in [0, 0.1) is 6.92 Å². The Bertz CT molecular complexity index is 479. The summed E-state index contributed by atoms with van der Waals surface area (Å²) in [5, 5.41) is 6.89. The first-order valence-electron chi connectivity index (χ1n) is 7.83. The Morgan fingerprint density at radius 2 is 2.10 bits per heavy atom. The average molecular weight is 289 g/mol. The summed E-state index contributed by atoms with van der Waals surface area (Å²) in [5.41, 5.74) is 2.45. The van der Waals surface area contributed by atoms with Crippen LogP contribution in [0.3, 0.4) is 0 Å². The summed E-state index contributed by atoms with van der Waals surface area (Å²) < 4.78 is 5.37. The van der Waals surface area contributed by atoms with Crippen LogP contribution in [0.4, 0.5) is 0 Å². The number of nitrogens with zero attached hydrogens (tertiary/aromatic N) is 1. The smallest absolute Gasteiger partial charge is 0.191 e. The molecular weight excluding hydrogens is 262 g/mol. The molecule has 1 aromatic carbocycles. The van der Waals surface area contributed by atoms with Crippen molar-refractivity contribution < 1.29 is 4.74 Å². The Kier molecular flexibility index (Phi) is 5.90. The third-order valence-electron chi connectivity index (χ3n) is 4.10. The van der Waals surface area contributed by atoms with E-state index in [-0.39, 0.29) is 0 Å². The molecule has 4 heteroatoms. The van der Waals surface area contributed by atoms with Crippen LogP contribution in [0.5, 0.6) is 5.75 Å². The van der Waals surface area contributed by atoms with Gasteiger partial charge in [-0.3, -0.25) is 4.99 Å². The zero-order valence-electron chi connectivity index (χ0n) is 13.4. The second kappa shape index (κ2) is 7.91. The molecule has 1 aromatic rings. The van der Waals surface area contributed by atoms with E-state index in [0.29, 0.717) is 6.04 Å². The van der Waals surface area contributed by atoms with Gasteiger partial charge in [-0.1, -0.05) is 25.0 Å². The Morgan fingerprint density at radius 1 is 1.33 bits per heavy atom. The highest BCUT2D eigenvalue weighted by molar-refractivity contribution is 5.79. The fourth-order valence-electron chi connectivity index (χ4n) is 2.80. The fourth-order valence-corrected chi connectivity index (χ4v) is 2.80. The molecule has 116 valence electrons. The molecule has 4 nitrogen and oxygen atoms in total. The Balaban J connectivity index is 1.79. The number of aryl methyl sites for hydroxylation is 1. The van der Waals surface area contributed by atoms with Crippen molar-refractivity contribution in [2.24, 2.45) is 4.99 Å². The Labute approximate surface area is 128 Å². The van der Waals surface area contributed by atoms with Gasteiger partial charge >= 0.3 is 0 Å². The van der Waals surface area contributed by atoms with Gasteiger partial charge in [0.25, 0.3) is 0 Å². The normalized spacial score (nSPS) is 16.0. The van der Waals surface area contributed by atoms with Crippen molar-refractivity contribution in [2.75, 3.05) is 20.7 Å². The van der Waals surface area contributed by atoms with E-state index in [9.17, 15) is 0 Å². The van der Waals surface area contributed by atoms with E-state index < -0.39 is 0 Å². The van der Waals surface area contributed by atoms with E-state index in [1.54, 1.807) is 7.11 Å². The molecule has 0 spiro atoms. The number of ether oxygens (including phenoxy) is 1. The van der Waals surface area contributed by atoms with Crippen molar-refractivity contribution in [1.82, 2.24) is 10.6 Å². The van der Waals surface area contributed by atoms with Gasteiger partial charge in [0.2, 0.25) is 0 Å². The van der Waals surface area contributed by atoms with Gasteiger partial charge in [-0.15, -0.1) is 0 Å². The summed E-state index contributed by atoms with van der Waals surface area (Å²) >= 11 is 0. The number of aliphatic imine (C=N–C) groups is 1. The first-order chi connectivity index (χ1) is 10.2. The van der Waals surface area contributed by atoms with Crippen LogP contribution in [-0.4, -0.2) is 32.7 Å². The molecule has 0 aliphatic heterocycles. The predicted octanol–water partition coefficient (Wildman–Crippen LogP) is 2.65. The maximum absolute atomic E-state index is 5.37. The summed E-state index contributed by atoms with van der Waals surface area (Å²) in [5.74, 6) is 1.88. The summed E-state index contributed by atoms with van der Waals surface area (Å²) in [6.45, 7) is 2.94. The van der Waals surface area contributed by atoms with Crippen LogP contribution in [0.2, 0.25) is 0 Å². The van der Waals surface area contributed by atoms with Crippen LogP contribution in [0.1, 0.15) is 36.8 Å². The number of benzene rings is 1. The van der Waals surface area contributed by atoms with Crippen LogP contribution >= 0.6 is 0 Å². The molecule has 1 aliphatic carbocycles. The molecule has 0 heterocycles. The number of guanidine groups is 1. The molecule has 0 aromatic heterocycles. The monoisotopic (exact) mass is 289 g/mol. The first-order valence-corrected chi connectivity index (χ1v) is 7.83. The predicted molar refractivity (Wildman–Crippen MR) is 88.2 cm³/mol. The topological polar surface area (TPSA) is 45.7 Å². The van der Waals surface area contributed by atoms with Gasteiger partial charge in [0, 0.05) is 19.6 Å². The standard InChI is InChI=1S/C17H27N3O/c1-13-8-9-14(12-16(13)21-3)10-11-19-17(18-2)20-15-6-4-5-7-15/h8-9,12,15H,4-7,10-11H2,1-3H3,(H2,18,19,20). The quantitative estimate of drug-likeness (QED) is 0.647. The maximum Gasteiger partial charge on any atom is 0.191 e. The van der Waals surface area contributed by atoms with E-state index in [4.69, 9.17) is 4.74 Å². The second-order valence-electron chi connectivity index (χ2n) is 5.68. The van der Waals surface area contributed by atoms with Gasteiger partial charge in [0.05, 0.1) is 7.11 Å². The molecule has 0 radical (unpaired) electrons. The molecule has 0 saturated heterocycles. The number of nitrogens with one attached hydrogen (secondary N) is 2. The third-order valence-corrected chi connectivity index (χ3v) is 4.10. The molecule has 21 heavy (non-hydrogen) atoms. The minimum atomic E-state index is 0.593. The van der Waals surface area contributed by atoms with E-state index in [1.807, 2.05) is 7.05 Å². The fraction of sp³-hybridized carbons (Fsp3) is 0.588.